The number of sulfonamides is 1. The van der Waals surface area contributed by atoms with Gasteiger partial charge in [0.1, 0.15) is 18.3 Å². The van der Waals surface area contributed by atoms with Crippen molar-refractivity contribution in [3.63, 3.8) is 0 Å². The Morgan fingerprint density at radius 3 is 2.19 bits per heavy atom. The first kappa shape index (κ1) is 32.8. The quantitative estimate of drug-likeness (QED) is 0.287. The predicted molar refractivity (Wildman–Crippen MR) is 162 cm³/mol. The predicted octanol–water partition coefficient (Wildman–Crippen LogP) is 4.77. The van der Waals surface area contributed by atoms with Gasteiger partial charge in [0.25, 0.3) is 10.0 Å². The molecule has 3 aromatic carbocycles. The van der Waals surface area contributed by atoms with Crippen LogP contribution in [0.4, 0.5) is 5.69 Å². The highest BCUT2D eigenvalue weighted by Gasteiger charge is 2.33. The Morgan fingerprint density at radius 2 is 1.62 bits per heavy atom. The summed E-state index contributed by atoms with van der Waals surface area (Å²) in [7, 11) is -0.0619. The summed E-state index contributed by atoms with van der Waals surface area (Å²) in [6, 6.07) is 14.3. The average molecular weight is 639 g/mol. The van der Waals surface area contributed by atoms with Gasteiger partial charge in [-0.1, -0.05) is 29.3 Å². The molecular formula is C29H33Cl2N3O7S. The summed E-state index contributed by atoms with van der Waals surface area (Å²) in [6.07, 6.45) is 0. The van der Waals surface area contributed by atoms with E-state index in [2.05, 4.69) is 5.32 Å². The summed E-state index contributed by atoms with van der Waals surface area (Å²) in [5, 5.41) is 3.24. The molecule has 0 bridgehead atoms. The molecular weight excluding hydrogens is 605 g/mol. The van der Waals surface area contributed by atoms with Crippen molar-refractivity contribution in [3.05, 3.63) is 76.3 Å². The molecule has 0 aromatic heterocycles. The van der Waals surface area contributed by atoms with E-state index < -0.39 is 34.4 Å². The summed E-state index contributed by atoms with van der Waals surface area (Å²) in [6.45, 7) is 3.10. The largest absolute Gasteiger partial charge is 0.494 e. The third kappa shape index (κ3) is 7.58. The first-order valence-corrected chi connectivity index (χ1v) is 15.1. The van der Waals surface area contributed by atoms with Gasteiger partial charge < -0.3 is 24.4 Å². The smallest absolute Gasteiger partial charge is 0.264 e. The van der Waals surface area contributed by atoms with Gasteiger partial charge in [-0.05, 0) is 67.9 Å². The second-order valence-electron chi connectivity index (χ2n) is 9.00. The monoisotopic (exact) mass is 637 g/mol. The molecule has 0 heterocycles. The van der Waals surface area contributed by atoms with Crippen LogP contribution in [0.15, 0.2) is 65.6 Å². The Balaban J connectivity index is 2.09. The fourth-order valence-electron chi connectivity index (χ4n) is 4.13. The number of anilines is 1. The zero-order valence-corrected chi connectivity index (χ0v) is 26.2. The van der Waals surface area contributed by atoms with Gasteiger partial charge in [-0.3, -0.25) is 13.9 Å². The molecule has 0 saturated heterocycles. The minimum atomic E-state index is -4.34. The van der Waals surface area contributed by atoms with Crippen molar-refractivity contribution >= 4 is 50.7 Å². The summed E-state index contributed by atoms with van der Waals surface area (Å²) < 4.78 is 45.2. The second-order valence-corrected chi connectivity index (χ2v) is 11.7. The SMILES string of the molecule is CCOc1ccc(N(CC(=O)N(Cc2ccc(Cl)cc2Cl)[C@H](C)C(=O)NC)S(=O)(=O)c2ccc(OC)c(OC)c2)cc1. The first-order valence-electron chi connectivity index (χ1n) is 12.9. The van der Waals surface area contributed by atoms with Crippen LogP contribution in [0.1, 0.15) is 19.4 Å². The lowest BCUT2D eigenvalue weighted by atomic mass is 10.1. The van der Waals surface area contributed by atoms with Crippen molar-refractivity contribution in [3.8, 4) is 17.2 Å². The van der Waals surface area contributed by atoms with Crippen LogP contribution in [0.5, 0.6) is 17.2 Å². The standard InChI is InChI=1S/C29H33Cl2N3O7S/c1-6-41-23-11-9-22(10-12-23)34(42(37,38)24-13-14-26(39-4)27(16-24)40-5)18-28(35)33(19(2)29(36)32-3)17-20-7-8-21(30)15-25(20)31/h7-16,19H,6,17-18H2,1-5H3,(H,32,36)/t19-/m1/s1. The Hall–Kier alpha value is -3.67. The van der Waals surface area contributed by atoms with Crippen LogP contribution < -0.4 is 23.8 Å². The maximum Gasteiger partial charge on any atom is 0.264 e. The summed E-state index contributed by atoms with van der Waals surface area (Å²) in [5.41, 5.74) is 0.735. The number of hydrogen-bond donors (Lipinski definition) is 1. The number of methoxy groups -OCH3 is 2. The molecule has 226 valence electrons. The van der Waals surface area contributed by atoms with E-state index in [0.29, 0.717) is 33.7 Å². The van der Waals surface area contributed by atoms with E-state index in [4.69, 9.17) is 37.4 Å². The van der Waals surface area contributed by atoms with Gasteiger partial charge in [-0.15, -0.1) is 0 Å². The highest BCUT2D eigenvalue weighted by Crippen LogP contribution is 2.33. The first-order chi connectivity index (χ1) is 20.0. The zero-order valence-electron chi connectivity index (χ0n) is 23.9. The zero-order chi connectivity index (χ0) is 31.0. The molecule has 0 aliphatic rings. The topological polar surface area (TPSA) is 114 Å². The number of rotatable bonds is 13. The lowest BCUT2D eigenvalue weighted by molar-refractivity contribution is -0.139. The van der Waals surface area contributed by atoms with Gasteiger partial charge in [0.05, 0.1) is 31.4 Å². The molecule has 0 fully saturated rings. The molecule has 3 aromatic rings. The maximum absolute atomic E-state index is 14.1. The molecule has 0 saturated carbocycles. The van der Waals surface area contributed by atoms with Gasteiger partial charge in [-0.2, -0.15) is 0 Å². The molecule has 13 heteroatoms. The fraction of sp³-hybridized carbons (Fsp3) is 0.310. The second kappa shape index (κ2) is 14.5. The van der Waals surface area contributed by atoms with Crippen LogP contribution in [0.2, 0.25) is 10.0 Å². The molecule has 1 N–H and O–H groups in total. The number of benzene rings is 3. The van der Waals surface area contributed by atoms with E-state index in [1.165, 1.54) is 50.4 Å². The van der Waals surface area contributed by atoms with E-state index in [1.807, 2.05) is 6.92 Å². The van der Waals surface area contributed by atoms with Crippen LogP contribution in [0.3, 0.4) is 0 Å². The number of nitrogens with zero attached hydrogens (tertiary/aromatic N) is 2. The molecule has 3 rings (SSSR count). The summed E-state index contributed by atoms with van der Waals surface area (Å²) in [4.78, 5) is 27.7. The minimum absolute atomic E-state index is 0.0725. The lowest BCUT2D eigenvalue weighted by Crippen LogP contribution is -2.50. The maximum atomic E-state index is 14.1. The molecule has 0 radical (unpaired) electrons. The number of ether oxygens (including phenoxy) is 3. The Bertz CT molecular complexity index is 1520. The van der Waals surface area contributed by atoms with E-state index in [1.54, 1.807) is 43.3 Å². The highest BCUT2D eigenvalue weighted by molar-refractivity contribution is 7.92. The minimum Gasteiger partial charge on any atom is -0.494 e. The van der Waals surface area contributed by atoms with E-state index in [-0.39, 0.29) is 22.9 Å². The van der Waals surface area contributed by atoms with Crippen molar-refractivity contribution in [1.82, 2.24) is 10.2 Å². The van der Waals surface area contributed by atoms with Crippen molar-refractivity contribution in [2.75, 3.05) is 38.7 Å². The van der Waals surface area contributed by atoms with Gasteiger partial charge >= 0.3 is 0 Å². The molecule has 0 spiro atoms. The number of hydrogen-bond acceptors (Lipinski definition) is 7. The fourth-order valence-corrected chi connectivity index (χ4v) is 6.03. The molecule has 1 atom stereocenters. The number of nitrogens with one attached hydrogen (secondary N) is 1. The molecule has 0 unspecified atom stereocenters. The number of carbonyl (C=O) groups is 2. The van der Waals surface area contributed by atoms with Gasteiger partial charge in [-0.25, -0.2) is 8.42 Å². The van der Waals surface area contributed by atoms with Crippen LogP contribution in [0.25, 0.3) is 0 Å². The third-order valence-electron chi connectivity index (χ3n) is 6.43. The Kier molecular flexibility index (Phi) is 11.3. The molecule has 42 heavy (non-hydrogen) atoms. The summed E-state index contributed by atoms with van der Waals surface area (Å²) in [5.74, 6) is -0.0171. The van der Waals surface area contributed by atoms with Gasteiger partial charge in [0.2, 0.25) is 11.8 Å². The van der Waals surface area contributed by atoms with Crippen molar-refractivity contribution in [1.29, 1.82) is 0 Å². The highest BCUT2D eigenvalue weighted by atomic mass is 35.5. The van der Waals surface area contributed by atoms with Crippen LogP contribution in [-0.2, 0) is 26.2 Å². The normalized spacial score (nSPS) is 11.8. The van der Waals surface area contributed by atoms with E-state index >= 15 is 0 Å². The summed E-state index contributed by atoms with van der Waals surface area (Å²) >= 11 is 12.4. The molecule has 0 aliphatic carbocycles. The van der Waals surface area contributed by atoms with Crippen molar-refractivity contribution < 1.29 is 32.2 Å². The molecule has 0 aliphatic heterocycles. The van der Waals surface area contributed by atoms with Crippen molar-refractivity contribution in [2.45, 2.75) is 31.3 Å². The number of halogens is 2. The lowest BCUT2D eigenvalue weighted by Gasteiger charge is -2.32. The number of amides is 2. The average Bonchev–Trinajstić information content (AvgIpc) is 2.98. The van der Waals surface area contributed by atoms with E-state index in [9.17, 15) is 18.0 Å². The Labute approximate surface area is 256 Å². The van der Waals surface area contributed by atoms with Crippen LogP contribution in [0, 0.1) is 0 Å². The van der Waals surface area contributed by atoms with E-state index in [0.717, 1.165) is 4.31 Å². The molecule has 10 nitrogen and oxygen atoms in total. The number of likely N-dealkylation sites (N-methyl/N-ethyl adjacent to an activating group) is 1. The van der Waals surface area contributed by atoms with Gasteiger partial charge in [0, 0.05) is 29.7 Å². The third-order valence-corrected chi connectivity index (χ3v) is 8.78. The van der Waals surface area contributed by atoms with Crippen LogP contribution >= 0.6 is 23.2 Å². The van der Waals surface area contributed by atoms with Crippen molar-refractivity contribution in [2.24, 2.45) is 0 Å². The Morgan fingerprint density at radius 1 is 0.952 bits per heavy atom. The number of carbonyl (C=O) groups excluding carboxylic acids is 2. The van der Waals surface area contributed by atoms with Gasteiger partial charge in [0.15, 0.2) is 11.5 Å². The molecule has 2 amide bonds. The van der Waals surface area contributed by atoms with Crippen LogP contribution in [-0.4, -0.2) is 65.6 Å².